The van der Waals surface area contributed by atoms with Gasteiger partial charge < -0.3 is 19.9 Å². The first-order valence-corrected chi connectivity index (χ1v) is 7.08. The quantitative estimate of drug-likeness (QED) is 0.901. The zero-order valence-corrected chi connectivity index (χ0v) is 12.3. The van der Waals surface area contributed by atoms with Crippen LogP contribution in [0.4, 0.5) is 0 Å². The zero-order chi connectivity index (χ0) is 13.9. The smallest absolute Gasteiger partial charge is 0.231 e. The molecule has 0 saturated carbocycles. The third-order valence-corrected chi connectivity index (χ3v) is 3.67. The van der Waals surface area contributed by atoms with E-state index in [-0.39, 0.29) is 12.5 Å². The van der Waals surface area contributed by atoms with E-state index in [4.69, 9.17) is 9.47 Å². The predicted octanol–water partition coefficient (Wildman–Crippen LogP) is 3.17. The molecule has 0 unspecified atom stereocenters. The van der Waals surface area contributed by atoms with Crippen LogP contribution in [0.15, 0.2) is 40.9 Å². The number of halogens is 1. The summed E-state index contributed by atoms with van der Waals surface area (Å²) in [6.45, 7) is 1.75. The van der Waals surface area contributed by atoms with Crippen LogP contribution in [0.3, 0.4) is 0 Å². The average molecular weight is 336 g/mol. The van der Waals surface area contributed by atoms with Gasteiger partial charge in [0.1, 0.15) is 5.75 Å². The first-order valence-electron chi connectivity index (χ1n) is 6.29. The van der Waals surface area contributed by atoms with E-state index in [0.29, 0.717) is 0 Å². The molecular weight excluding hydrogens is 322 g/mol. The lowest BCUT2D eigenvalue weighted by Gasteiger charge is -2.07. The average Bonchev–Trinajstić information content (AvgIpc) is 2.90. The molecule has 0 atom stereocenters. The van der Waals surface area contributed by atoms with E-state index >= 15 is 0 Å². The molecule has 104 valence electrons. The van der Waals surface area contributed by atoms with Crippen LogP contribution < -0.4 is 14.8 Å². The predicted molar refractivity (Wildman–Crippen MR) is 78.9 cm³/mol. The molecule has 2 aromatic rings. The van der Waals surface area contributed by atoms with Crippen molar-refractivity contribution in [3.05, 3.63) is 52.0 Å². The summed E-state index contributed by atoms with van der Waals surface area (Å²) in [7, 11) is 0. The summed E-state index contributed by atoms with van der Waals surface area (Å²) in [6.07, 6.45) is 0. The zero-order valence-electron chi connectivity index (χ0n) is 10.7. The summed E-state index contributed by atoms with van der Waals surface area (Å²) < 4.78 is 11.7. The highest BCUT2D eigenvalue weighted by Gasteiger charge is 2.17. The summed E-state index contributed by atoms with van der Waals surface area (Å²) in [5.41, 5.74) is 2.25. The molecule has 3 rings (SSSR count). The number of ether oxygens (including phenoxy) is 2. The SMILES string of the molecule is Oc1ccc(CNCc2cc(Br)c3c(c2)OCO3)cc1. The van der Waals surface area contributed by atoms with Gasteiger partial charge >= 0.3 is 0 Å². The van der Waals surface area contributed by atoms with E-state index in [9.17, 15) is 5.11 Å². The molecule has 2 N–H and O–H groups in total. The van der Waals surface area contributed by atoms with Crippen LogP contribution in [0.2, 0.25) is 0 Å². The van der Waals surface area contributed by atoms with Crippen LogP contribution in [-0.4, -0.2) is 11.9 Å². The molecule has 1 aliphatic rings. The van der Waals surface area contributed by atoms with Gasteiger partial charge in [0, 0.05) is 13.1 Å². The molecule has 0 spiro atoms. The number of aromatic hydroxyl groups is 1. The van der Waals surface area contributed by atoms with Gasteiger partial charge in [-0.2, -0.15) is 0 Å². The van der Waals surface area contributed by atoms with Crippen LogP contribution in [0.25, 0.3) is 0 Å². The Balaban J connectivity index is 1.61. The number of hydrogen-bond acceptors (Lipinski definition) is 4. The van der Waals surface area contributed by atoms with Gasteiger partial charge in [0.05, 0.1) is 4.47 Å². The van der Waals surface area contributed by atoms with Crippen molar-refractivity contribution in [1.29, 1.82) is 0 Å². The van der Waals surface area contributed by atoms with Crippen molar-refractivity contribution in [2.45, 2.75) is 13.1 Å². The second-order valence-electron chi connectivity index (χ2n) is 4.58. The normalized spacial score (nSPS) is 12.7. The number of nitrogens with one attached hydrogen (secondary N) is 1. The van der Waals surface area contributed by atoms with E-state index in [1.54, 1.807) is 12.1 Å². The highest BCUT2D eigenvalue weighted by molar-refractivity contribution is 9.10. The third kappa shape index (κ3) is 2.89. The van der Waals surface area contributed by atoms with Crippen molar-refractivity contribution < 1.29 is 14.6 Å². The second-order valence-corrected chi connectivity index (χ2v) is 5.44. The lowest BCUT2D eigenvalue weighted by molar-refractivity contribution is 0.173. The van der Waals surface area contributed by atoms with Crippen LogP contribution >= 0.6 is 15.9 Å². The molecule has 4 nitrogen and oxygen atoms in total. The van der Waals surface area contributed by atoms with Crippen LogP contribution in [-0.2, 0) is 13.1 Å². The Morgan fingerprint density at radius 3 is 2.60 bits per heavy atom. The van der Waals surface area contributed by atoms with Gasteiger partial charge in [-0.1, -0.05) is 12.1 Å². The monoisotopic (exact) mass is 335 g/mol. The van der Waals surface area contributed by atoms with E-state index < -0.39 is 0 Å². The molecule has 5 heteroatoms. The molecule has 0 saturated heterocycles. The van der Waals surface area contributed by atoms with Crippen LogP contribution in [0.5, 0.6) is 17.2 Å². The molecule has 20 heavy (non-hydrogen) atoms. The largest absolute Gasteiger partial charge is 0.508 e. The Bertz CT molecular complexity index is 613. The standard InChI is InChI=1S/C15H14BrNO3/c16-13-5-11(6-14-15(13)20-9-19-14)8-17-7-10-1-3-12(18)4-2-10/h1-6,17-18H,7-9H2. The van der Waals surface area contributed by atoms with Gasteiger partial charge in [0.15, 0.2) is 11.5 Å². The van der Waals surface area contributed by atoms with Crippen molar-refractivity contribution in [1.82, 2.24) is 5.32 Å². The number of hydrogen-bond donors (Lipinski definition) is 2. The molecular formula is C15H14BrNO3. The lowest BCUT2D eigenvalue weighted by Crippen LogP contribution is -2.12. The van der Waals surface area contributed by atoms with E-state index in [1.165, 1.54) is 0 Å². The lowest BCUT2D eigenvalue weighted by atomic mass is 10.2. The van der Waals surface area contributed by atoms with E-state index in [2.05, 4.69) is 21.2 Å². The summed E-state index contributed by atoms with van der Waals surface area (Å²) in [5, 5.41) is 12.6. The molecule has 0 amide bonds. The summed E-state index contributed by atoms with van der Waals surface area (Å²) in [4.78, 5) is 0. The van der Waals surface area contributed by atoms with Gasteiger partial charge in [-0.15, -0.1) is 0 Å². The summed E-state index contributed by atoms with van der Waals surface area (Å²) >= 11 is 3.48. The molecule has 0 radical (unpaired) electrons. The van der Waals surface area contributed by atoms with Crippen LogP contribution in [0.1, 0.15) is 11.1 Å². The molecule has 2 aromatic carbocycles. The third-order valence-electron chi connectivity index (χ3n) is 3.08. The van der Waals surface area contributed by atoms with Crippen molar-refractivity contribution in [2.24, 2.45) is 0 Å². The van der Waals surface area contributed by atoms with Gasteiger partial charge in [0.2, 0.25) is 6.79 Å². The number of benzene rings is 2. The number of phenols is 1. The number of fused-ring (bicyclic) bond motifs is 1. The van der Waals surface area contributed by atoms with E-state index in [1.807, 2.05) is 24.3 Å². The number of rotatable bonds is 4. The molecule has 0 aliphatic carbocycles. The molecule has 1 aliphatic heterocycles. The Morgan fingerprint density at radius 2 is 1.80 bits per heavy atom. The highest BCUT2D eigenvalue weighted by atomic mass is 79.9. The Kier molecular flexibility index (Phi) is 3.80. The summed E-state index contributed by atoms with van der Waals surface area (Å²) in [5.74, 6) is 1.83. The fourth-order valence-electron chi connectivity index (χ4n) is 2.09. The van der Waals surface area contributed by atoms with Crippen molar-refractivity contribution in [2.75, 3.05) is 6.79 Å². The van der Waals surface area contributed by atoms with Crippen LogP contribution in [0, 0.1) is 0 Å². The first-order chi connectivity index (χ1) is 9.72. The molecule has 0 bridgehead atoms. The van der Waals surface area contributed by atoms with Gasteiger partial charge in [-0.3, -0.25) is 0 Å². The highest BCUT2D eigenvalue weighted by Crippen LogP contribution is 2.39. The Morgan fingerprint density at radius 1 is 1.05 bits per heavy atom. The summed E-state index contributed by atoms with van der Waals surface area (Å²) in [6, 6.07) is 11.2. The van der Waals surface area contributed by atoms with Gasteiger partial charge in [-0.25, -0.2) is 0 Å². The fourth-order valence-corrected chi connectivity index (χ4v) is 2.69. The topological polar surface area (TPSA) is 50.7 Å². The minimum absolute atomic E-state index is 0.276. The second kappa shape index (κ2) is 5.73. The Labute approximate surface area is 125 Å². The maximum atomic E-state index is 9.23. The van der Waals surface area contributed by atoms with Gasteiger partial charge in [-0.05, 0) is 51.3 Å². The minimum Gasteiger partial charge on any atom is -0.508 e. The molecule has 0 fully saturated rings. The minimum atomic E-state index is 0.276. The molecule has 1 heterocycles. The Hall–Kier alpha value is -1.72. The van der Waals surface area contributed by atoms with Crippen molar-refractivity contribution >= 4 is 15.9 Å². The van der Waals surface area contributed by atoms with Crippen molar-refractivity contribution in [3.63, 3.8) is 0 Å². The first kappa shape index (κ1) is 13.3. The van der Waals surface area contributed by atoms with E-state index in [0.717, 1.165) is 40.2 Å². The van der Waals surface area contributed by atoms with Gasteiger partial charge in [0.25, 0.3) is 0 Å². The fraction of sp³-hybridized carbons (Fsp3) is 0.200. The van der Waals surface area contributed by atoms with Crippen molar-refractivity contribution in [3.8, 4) is 17.2 Å². The number of phenolic OH excluding ortho intramolecular Hbond substituents is 1. The molecule has 0 aromatic heterocycles. The maximum Gasteiger partial charge on any atom is 0.231 e. The maximum absolute atomic E-state index is 9.23.